The van der Waals surface area contributed by atoms with Gasteiger partial charge in [-0.15, -0.1) is 0 Å². The Bertz CT molecular complexity index is 1110. The number of anilines is 1. The lowest BCUT2D eigenvalue weighted by atomic mass is 10.1. The molecule has 0 bridgehead atoms. The summed E-state index contributed by atoms with van der Waals surface area (Å²) in [5.41, 5.74) is 2.76. The molecule has 0 heterocycles. The molecular weight excluding hydrogens is 388 g/mol. The molecule has 3 aromatic carbocycles. The lowest BCUT2D eigenvalue weighted by Gasteiger charge is -2.11. The third-order valence-electron chi connectivity index (χ3n) is 4.45. The van der Waals surface area contributed by atoms with Crippen molar-refractivity contribution in [2.24, 2.45) is 0 Å². The van der Waals surface area contributed by atoms with Crippen LogP contribution in [0.15, 0.2) is 77.7 Å². The van der Waals surface area contributed by atoms with Crippen molar-refractivity contribution in [3.8, 4) is 5.75 Å². The molecule has 150 valence electrons. The van der Waals surface area contributed by atoms with Crippen LogP contribution in [0, 0.1) is 6.92 Å². The van der Waals surface area contributed by atoms with Gasteiger partial charge in [-0.1, -0.05) is 30.3 Å². The molecule has 7 heteroatoms. The van der Waals surface area contributed by atoms with Gasteiger partial charge in [0, 0.05) is 17.8 Å². The molecule has 0 unspecified atom stereocenters. The molecule has 0 saturated carbocycles. The fourth-order valence-electron chi connectivity index (χ4n) is 2.76. The van der Waals surface area contributed by atoms with E-state index in [4.69, 9.17) is 4.74 Å². The number of sulfonamides is 1. The van der Waals surface area contributed by atoms with Crippen molar-refractivity contribution in [2.45, 2.75) is 18.4 Å². The lowest BCUT2D eigenvalue weighted by Crippen LogP contribution is -2.23. The van der Waals surface area contributed by atoms with Gasteiger partial charge in [0.2, 0.25) is 0 Å². The van der Waals surface area contributed by atoms with Crippen LogP contribution in [0.4, 0.5) is 5.69 Å². The molecule has 0 aliphatic carbocycles. The SMILES string of the molecule is COc1ccc(NS(=O)(=O)c2cccc(C(=O)NCc3ccccc3C)c2)cc1. The van der Waals surface area contributed by atoms with Gasteiger partial charge in [0.1, 0.15) is 5.75 Å². The van der Waals surface area contributed by atoms with E-state index >= 15 is 0 Å². The molecule has 1 amide bonds. The minimum atomic E-state index is -3.83. The zero-order chi connectivity index (χ0) is 20.9. The summed E-state index contributed by atoms with van der Waals surface area (Å²) in [6.45, 7) is 2.34. The number of rotatable bonds is 7. The Kier molecular flexibility index (Phi) is 6.19. The van der Waals surface area contributed by atoms with Crippen LogP contribution in [-0.2, 0) is 16.6 Å². The number of hydrogen-bond donors (Lipinski definition) is 2. The summed E-state index contributed by atoms with van der Waals surface area (Å²) in [5.74, 6) is 0.287. The highest BCUT2D eigenvalue weighted by Crippen LogP contribution is 2.20. The van der Waals surface area contributed by atoms with E-state index in [0.29, 0.717) is 18.0 Å². The fourth-order valence-corrected chi connectivity index (χ4v) is 3.87. The number of nitrogens with one attached hydrogen (secondary N) is 2. The van der Waals surface area contributed by atoms with E-state index in [-0.39, 0.29) is 16.4 Å². The highest BCUT2D eigenvalue weighted by molar-refractivity contribution is 7.92. The molecule has 0 radical (unpaired) electrons. The van der Waals surface area contributed by atoms with Gasteiger partial charge in [-0.25, -0.2) is 8.42 Å². The van der Waals surface area contributed by atoms with Crippen molar-refractivity contribution in [3.05, 3.63) is 89.5 Å². The monoisotopic (exact) mass is 410 g/mol. The molecule has 6 nitrogen and oxygen atoms in total. The van der Waals surface area contributed by atoms with Crippen LogP contribution >= 0.6 is 0 Å². The molecule has 0 aliphatic heterocycles. The Labute approximate surface area is 170 Å². The van der Waals surface area contributed by atoms with E-state index in [1.165, 1.54) is 19.2 Å². The predicted molar refractivity (Wildman–Crippen MR) is 113 cm³/mol. The van der Waals surface area contributed by atoms with Gasteiger partial charge in [-0.2, -0.15) is 0 Å². The fraction of sp³-hybridized carbons (Fsp3) is 0.136. The molecule has 29 heavy (non-hydrogen) atoms. The van der Waals surface area contributed by atoms with E-state index in [0.717, 1.165) is 11.1 Å². The summed E-state index contributed by atoms with van der Waals surface area (Å²) in [7, 11) is -2.30. The molecule has 0 saturated heterocycles. The van der Waals surface area contributed by atoms with Gasteiger partial charge in [-0.3, -0.25) is 9.52 Å². The molecule has 2 N–H and O–H groups in total. The maximum absolute atomic E-state index is 12.7. The van der Waals surface area contributed by atoms with E-state index in [1.807, 2.05) is 31.2 Å². The van der Waals surface area contributed by atoms with Gasteiger partial charge in [0.15, 0.2) is 0 Å². The van der Waals surface area contributed by atoms with Crippen molar-refractivity contribution < 1.29 is 17.9 Å². The number of benzene rings is 3. The van der Waals surface area contributed by atoms with Crippen molar-refractivity contribution in [1.29, 1.82) is 0 Å². The normalized spacial score (nSPS) is 11.0. The second-order valence-corrected chi connectivity index (χ2v) is 8.15. The maximum atomic E-state index is 12.7. The first-order valence-corrected chi connectivity index (χ1v) is 10.5. The Morgan fingerprint density at radius 1 is 0.966 bits per heavy atom. The zero-order valence-corrected chi connectivity index (χ0v) is 17.0. The minimum absolute atomic E-state index is 0.0110. The summed E-state index contributed by atoms with van der Waals surface area (Å²) in [5, 5.41) is 2.83. The summed E-state index contributed by atoms with van der Waals surface area (Å²) in [4.78, 5) is 12.5. The number of ether oxygens (including phenoxy) is 1. The first kappa shape index (κ1) is 20.4. The smallest absolute Gasteiger partial charge is 0.261 e. The van der Waals surface area contributed by atoms with Crippen molar-refractivity contribution in [3.63, 3.8) is 0 Å². The summed E-state index contributed by atoms with van der Waals surface area (Å²) < 4.78 is 32.9. The number of aryl methyl sites for hydroxylation is 1. The average molecular weight is 410 g/mol. The maximum Gasteiger partial charge on any atom is 0.261 e. The molecule has 0 fully saturated rings. The standard InChI is InChI=1S/C22H22N2O4S/c1-16-6-3-4-7-18(16)15-23-22(25)17-8-5-9-21(14-17)29(26,27)24-19-10-12-20(28-2)13-11-19/h3-14,24H,15H2,1-2H3,(H,23,25). The zero-order valence-electron chi connectivity index (χ0n) is 16.2. The third kappa shape index (κ3) is 5.14. The lowest BCUT2D eigenvalue weighted by molar-refractivity contribution is 0.0950. The van der Waals surface area contributed by atoms with Crippen LogP contribution < -0.4 is 14.8 Å². The van der Waals surface area contributed by atoms with Gasteiger partial charge in [0.25, 0.3) is 15.9 Å². The number of carbonyl (C=O) groups is 1. The molecule has 0 aromatic heterocycles. The Balaban J connectivity index is 1.73. The summed E-state index contributed by atoms with van der Waals surface area (Å²) in [6.07, 6.45) is 0. The number of amides is 1. The minimum Gasteiger partial charge on any atom is -0.497 e. The topological polar surface area (TPSA) is 84.5 Å². The van der Waals surface area contributed by atoms with Gasteiger partial charge < -0.3 is 10.1 Å². The molecule has 0 spiro atoms. The van der Waals surface area contributed by atoms with Gasteiger partial charge >= 0.3 is 0 Å². The third-order valence-corrected chi connectivity index (χ3v) is 5.83. The van der Waals surface area contributed by atoms with Crippen molar-refractivity contribution in [2.75, 3.05) is 11.8 Å². The molecule has 0 aliphatic rings. The van der Waals surface area contributed by atoms with Crippen LogP contribution in [0.2, 0.25) is 0 Å². The van der Waals surface area contributed by atoms with Crippen molar-refractivity contribution >= 4 is 21.6 Å². The largest absolute Gasteiger partial charge is 0.497 e. The van der Waals surface area contributed by atoms with Crippen LogP contribution in [0.5, 0.6) is 5.75 Å². The number of carbonyl (C=O) groups excluding carboxylic acids is 1. The Morgan fingerprint density at radius 3 is 2.38 bits per heavy atom. The molecule has 3 rings (SSSR count). The van der Waals surface area contributed by atoms with Crippen LogP contribution in [0.25, 0.3) is 0 Å². The Hall–Kier alpha value is -3.32. The Morgan fingerprint density at radius 2 is 1.69 bits per heavy atom. The van der Waals surface area contributed by atoms with E-state index in [9.17, 15) is 13.2 Å². The van der Waals surface area contributed by atoms with Gasteiger partial charge in [-0.05, 0) is 60.5 Å². The highest BCUT2D eigenvalue weighted by Gasteiger charge is 2.16. The second kappa shape index (κ2) is 8.79. The highest BCUT2D eigenvalue weighted by atomic mass is 32.2. The van der Waals surface area contributed by atoms with E-state index < -0.39 is 10.0 Å². The van der Waals surface area contributed by atoms with Crippen LogP contribution in [-0.4, -0.2) is 21.4 Å². The van der Waals surface area contributed by atoms with Gasteiger partial charge in [0.05, 0.1) is 12.0 Å². The van der Waals surface area contributed by atoms with E-state index in [2.05, 4.69) is 10.0 Å². The van der Waals surface area contributed by atoms with Crippen LogP contribution in [0.3, 0.4) is 0 Å². The van der Waals surface area contributed by atoms with Crippen LogP contribution in [0.1, 0.15) is 21.5 Å². The predicted octanol–water partition coefficient (Wildman–Crippen LogP) is 3.73. The van der Waals surface area contributed by atoms with E-state index in [1.54, 1.807) is 36.4 Å². The second-order valence-electron chi connectivity index (χ2n) is 6.47. The van der Waals surface area contributed by atoms with Crippen molar-refractivity contribution in [1.82, 2.24) is 5.32 Å². The molecular formula is C22H22N2O4S. The molecule has 0 atom stereocenters. The first-order valence-electron chi connectivity index (χ1n) is 8.99. The quantitative estimate of drug-likeness (QED) is 0.622. The first-order chi connectivity index (χ1) is 13.9. The summed E-state index contributed by atoms with van der Waals surface area (Å²) >= 11 is 0. The number of hydrogen-bond acceptors (Lipinski definition) is 4. The summed E-state index contributed by atoms with van der Waals surface area (Å²) in [6, 6.07) is 20.2. The molecule has 3 aromatic rings. The number of methoxy groups -OCH3 is 1. The average Bonchev–Trinajstić information content (AvgIpc) is 2.73.